The maximum Gasteiger partial charge on any atom is 0.339 e. The molecule has 0 bridgehead atoms. The van der Waals surface area contributed by atoms with Crippen LogP contribution in [0.15, 0.2) is 57.8 Å². The third-order valence-corrected chi connectivity index (χ3v) is 5.68. The van der Waals surface area contributed by atoms with Crippen molar-refractivity contribution in [3.63, 3.8) is 0 Å². The zero-order valence-electron chi connectivity index (χ0n) is 17.4. The summed E-state index contributed by atoms with van der Waals surface area (Å²) in [7, 11) is 0. The topological polar surface area (TPSA) is 117 Å². The molecule has 1 heterocycles. The first kappa shape index (κ1) is 21.8. The van der Waals surface area contributed by atoms with Gasteiger partial charge < -0.3 is 24.5 Å². The number of aliphatic hydroxyl groups is 2. The molecule has 4 rings (SSSR count). The molecule has 0 fully saturated rings. The Morgan fingerprint density at radius 3 is 2.50 bits per heavy atom. The van der Waals surface area contributed by atoms with Gasteiger partial charge >= 0.3 is 11.6 Å². The first-order valence-electron chi connectivity index (χ1n) is 10.5. The Kier molecular flexibility index (Phi) is 6.39. The van der Waals surface area contributed by atoms with E-state index in [4.69, 9.17) is 14.3 Å². The number of carboxylic acid groups (broad SMARTS) is 1. The molecule has 7 nitrogen and oxygen atoms in total. The molecule has 0 amide bonds. The number of aryl methyl sites for hydroxylation is 1. The van der Waals surface area contributed by atoms with Gasteiger partial charge in [-0.3, -0.25) is 0 Å². The summed E-state index contributed by atoms with van der Waals surface area (Å²) in [5.41, 5.74) is 2.84. The Morgan fingerprint density at radius 2 is 1.78 bits per heavy atom. The zero-order valence-corrected chi connectivity index (χ0v) is 17.4. The van der Waals surface area contributed by atoms with Gasteiger partial charge in [0.25, 0.3) is 0 Å². The summed E-state index contributed by atoms with van der Waals surface area (Å²) in [6.45, 7) is -0.152. The van der Waals surface area contributed by atoms with E-state index in [-0.39, 0.29) is 12.2 Å². The molecule has 2 unspecified atom stereocenters. The summed E-state index contributed by atoms with van der Waals surface area (Å²) < 4.78 is 11.1. The van der Waals surface area contributed by atoms with Crippen molar-refractivity contribution < 1.29 is 29.3 Å². The van der Waals surface area contributed by atoms with Crippen molar-refractivity contribution in [2.75, 3.05) is 6.61 Å². The molecule has 0 spiro atoms. The van der Waals surface area contributed by atoms with Crippen LogP contribution < -0.4 is 10.4 Å². The Balaban J connectivity index is 1.52. The monoisotopic (exact) mass is 436 g/mol. The number of ether oxygens (including phenoxy) is 1. The van der Waals surface area contributed by atoms with Gasteiger partial charge in [-0.25, -0.2) is 9.59 Å². The lowest BCUT2D eigenvalue weighted by Gasteiger charge is -2.23. The van der Waals surface area contributed by atoms with E-state index in [1.807, 2.05) is 0 Å². The third kappa shape index (κ3) is 4.59. The van der Waals surface area contributed by atoms with Crippen LogP contribution >= 0.6 is 0 Å². The molecule has 0 saturated carbocycles. The summed E-state index contributed by atoms with van der Waals surface area (Å²) in [6, 6.07) is 11.8. The van der Waals surface area contributed by atoms with E-state index in [1.54, 1.807) is 42.5 Å². The van der Waals surface area contributed by atoms with E-state index < -0.39 is 18.2 Å². The smallest absolute Gasteiger partial charge is 0.339 e. The highest BCUT2D eigenvalue weighted by Crippen LogP contribution is 2.33. The molecule has 0 aliphatic heterocycles. The number of rotatable bonds is 7. The van der Waals surface area contributed by atoms with Gasteiger partial charge in [0.05, 0.1) is 0 Å². The van der Waals surface area contributed by atoms with E-state index in [2.05, 4.69) is 0 Å². The maximum atomic E-state index is 12.3. The lowest BCUT2D eigenvalue weighted by Crippen LogP contribution is -2.26. The summed E-state index contributed by atoms with van der Waals surface area (Å²) >= 11 is 0. The highest BCUT2D eigenvalue weighted by molar-refractivity contribution is 5.86. The fourth-order valence-corrected chi connectivity index (χ4v) is 4.09. The van der Waals surface area contributed by atoms with Crippen molar-refractivity contribution in [1.82, 2.24) is 0 Å². The predicted octanol–water partition coefficient (Wildman–Crippen LogP) is 3.24. The summed E-state index contributed by atoms with van der Waals surface area (Å²) in [6.07, 6.45) is 3.34. The van der Waals surface area contributed by atoms with Crippen molar-refractivity contribution in [3.05, 3.63) is 81.2 Å². The third-order valence-electron chi connectivity index (χ3n) is 5.68. The number of carbonyl (C=O) groups is 1. The van der Waals surface area contributed by atoms with Crippen LogP contribution in [-0.4, -0.2) is 34.0 Å². The van der Waals surface area contributed by atoms with Gasteiger partial charge in [-0.05, 0) is 66.6 Å². The average molecular weight is 436 g/mol. The van der Waals surface area contributed by atoms with Crippen molar-refractivity contribution in [2.24, 2.45) is 0 Å². The fraction of sp³-hybridized carbons (Fsp3) is 0.280. The maximum absolute atomic E-state index is 12.3. The van der Waals surface area contributed by atoms with Gasteiger partial charge in [-0.2, -0.15) is 0 Å². The summed E-state index contributed by atoms with van der Waals surface area (Å²) in [5.74, 6) is -0.554. The molecule has 7 heteroatoms. The number of hydrogen-bond donors (Lipinski definition) is 3. The standard InChI is InChI=1S/C25H24O7/c26-20(14-31-16-11-8-15(9-12-16)10-13-22(27)28)24(29)19-6-3-7-21-23(19)17-4-1-2-5-18(17)25(30)32-21/h3,6-13,20,24,26,29H,1-2,4-5,14H2,(H,27,28). The van der Waals surface area contributed by atoms with Crippen LogP contribution in [0.25, 0.3) is 17.0 Å². The molecule has 1 aromatic heterocycles. The second kappa shape index (κ2) is 9.38. The Morgan fingerprint density at radius 1 is 1.06 bits per heavy atom. The highest BCUT2D eigenvalue weighted by Gasteiger charge is 2.26. The van der Waals surface area contributed by atoms with E-state index >= 15 is 0 Å². The Hall–Kier alpha value is -3.42. The molecule has 1 aliphatic rings. The lowest BCUT2D eigenvalue weighted by molar-refractivity contribution is -0.131. The van der Waals surface area contributed by atoms with Crippen LogP contribution in [0.5, 0.6) is 5.75 Å². The Bertz CT molecular complexity index is 1210. The average Bonchev–Trinajstić information content (AvgIpc) is 2.81. The summed E-state index contributed by atoms with van der Waals surface area (Å²) in [4.78, 5) is 22.9. The van der Waals surface area contributed by atoms with Crippen molar-refractivity contribution >= 4 is 23.0 Å². The minimum atomic E-state index is -1.23. The molecule has 0 radical (unpaired) electrons. The number of fused-ring (bicyclic) bond motifs is 3. The van der Waals surface area contributed by atoms with Crippen LogP contribution in [0, 0.1) is 0 Å². The SMILES string of the molecule is O=C(O)C=Cc1ccc(OCC(O)C(O)c2cccc3oc(=O)c4c(c23)CCCC4)cc1. The van der Waals surface area contributed by atoms with Gasteiger partial charge in [0.15, 0.2) is 0 Å². The van der Waals surface area contributed by atoms with Crippen LogP contribution in [0.4, 0.5) is 0 Å². The summed E-state index contributed by atoms with van der Waals surface area (Å²) in [5, 5.41) is 30.9. The molecule has 2 aromatic carbocycles. The number of benzene rings is 2. The molecule has 1 aliphatic carbocycles. The van der Waals surface area contributed by atoms with Crippen molar-refractivity contribution in [3.8, 4) is 5.75 Å². The minimum Gasteiger partial charge on any atom is -0.491 e. The van der Waals surface area contributed by atoms with E-state index in [0.717, 1.165) is 30.9 Å². The van der Waals surface area contributed by atoms with Gasteiger partial charge in [0.2, 0.25) is 0 Å². The molecular formula is C25H24O7. The van der Waals surface area contributed by atoms with E-state index in [1.165, 1.54) is 6.08 Å². The van der Waals surface area contributed by atoms with Crippen molar-refractivity contribution in [2.45, 2.75) is 37.9 Å². The molecule has 3 N–H and O–H groups in total. The largest absolute Gasteiger partial charge is 0.491 e. The van der Waals surface area contributed by atoms with Gasteiger partial charge in [0.1, 0.15) is 30.1 Å². The van der Waals surface area contributed by atoms with Crippen molar-refractivity contribution in [1.29, 1.82) is 0 Å². The van der Waals surface area contributed by atoms with Crippen LogP contribution in [0.2, 0.25) is 0 Å². The van der Waals surface area contributed by atoms with Gasteiger partial charge in [-0.1, -0.05) is 24.3 Å². The Labute approximate surface area is 184 Å². The minimum absolute atomic E-state index is 0.152. The fourth-order valence-electron chi connectivity index (χ4n) is 4.09. The predicted molar refractivity (Wildman–Crippen MR) is 119 cm³/mol. The van der Waals surface area contributed by atoms with E-state index in [0.29, 0.717) is 39.8 Å². The first-order valence-corrected chi connectivity index (χ1v) is 10.5. The van der Waals surface area contributed by atoms with E-state index in [9.17, 15) is 19.8 Å². The van der Waals surface area contributed by atoms with Gasteiger partial charge in [-0.15, -0.1) is 0 Å². The normalized spacial score (nSPS) is 15.4. The molecule has 166 valence electrons. The number of aliphatic hydroxyl groups excluding tert-OH is 2. The number of carboxylic acids is 1. The second-order valence-corrected chi connectivity index (χ2v) is 7.84. The van der Waals surface area contributed by atoms with Crippen LogP contribution in [-0.2, 0) is 17.6 Å². The van der Waals surface area contributed by atoms with Gasteiger partial charge in [0, 0.05) is 17.0 Å². The molecule has 32 heavy (non-hydrogen) atoms. The zero-order chi connectivity index (χ0) is 22.7. The number of aliphatic carboxylic acids is 1. The first-order chi connectivity index (χ1) is 15.4. The second-order valence-electron chi connectivity index (χ2n) is 7.84. The molecular weight excluding hydrogens is 412 g/mol. The van der Waals surface area contributed by atoms with Crippen LogP contribution in [0.3, 0.4) is 0 Å². The molecule has 0 saturated heterocycles. The van der Waals surface area contributed by atoms with Crippen LogP contribution in [0.1, 0.15) is 41.2 Å². The lowest BCUT2D eigenvalue weighted by atomic mass is 9.87. The number of hydrogen-bond acceptors (Lipinski definition) is 6. The molecule has 3 aromatic rings. The quantitative estimate of drug-likeness (QED) is 0.384. The molecule has 2 atom stereocenters. The highest BCUT2D eigenvalue weighted by atomic mass is 16.5.